The van der Waals surface area contributed by atoms with Gasteiger partial charge in [-0.2, -0.15) is 0 Å². The molecule has 1 heterocycles. The van der Waals surface area contributed by atoms with E-state index in [-0.39, 0.29) is 11.6 Å². The first-order valence-corrected chi connectivity index (χ1v) is 6.32. The van der Waals surface area contributed by atoms with E-state index >= 15 is 0 Å². The molecule has 0 atom stereocenters. The molecule has 1 aliphatic carbocycles. The lowest BCUT2D eigenvalue weighted by atomic mass is 9.87. The zero-order chi connectivity index (χ0) is 12.6. The number of carbonyl (C=O) groups excluding carboxylic acids is 2. The average molecular weight is 233 g/mol. The van der Waals surface area contributed by atoms with Crippen molar-refractivity contribution in [3.63, 3.8) is 0 Å². The van der Waals surface area contributed by atoms with E-state index in [1.54, 1.807) is 13.8 Å². The number of likely N-dealkylation sites (tertiary alicyclic amines) is 1. The third-order valence-corrected chi connectivity index (χ3v) is 3.79. The van der Waals surface area contributed by atoms with Gasteiger partial charge in [-0.1, -0.05) is 6.92 Å². The quantitative estimate of drug-likeness (QED) is 0.686. The molecule has 0 amide bonds. The summed E-state index contributed by atoms with van der Waals surface area (Å²) < 4.78 is 0. The fraction of sp³-hybridized carbons (Fsp3) is 0.571. The maximum Gasteiger partial charge on any atom is 0.205 e. The van der Waals surface area contributed by atoms with Crippen LogP contribution < -0.4 is 0 Å². The van der Waals surface area contributed by atoms with Crippen molar-refractivity contribution in [2.24, 2.45) is 0 Å². The molecule has 3 nitrogen and oxygen atoms in total. The summed E-state index contributed by atoms with van der Waals surface area (Å²) in [6, 6.07) is 0. The van der Waals surface area contributed by atoms with E-state index in [0.29, 0.717) is 28.8 Å². The molecule has 0 spiro atoms. The Labute approximate surface area is 102 Å². The van der Waals surface area contributed by atoms with Gasteiger partial charge in [-0.25, -0.2) is 0 Å². The van der Waals surface area contributed by atoms with Gasteiger partial charge < -0.3 is 4.90 Å². The molecule has 2 rings (SSSR count). The lowest BCUT2D eigenvalue weighted by molar-refractivity contribution is -0.117. The molecule has 0 unspecified atom stereocenters. The molecule has 0 saturated carbocycles. The van der Waals surface area contributed by atoms with Crippen LogP contribution in [0.1, 0.15) is 40.0 Å². The van der Waals surface area contributed by atoms with Crippen LogP contribution in [0.2, 0.25) is 0 Å². The van der Waals surface area contributed by atoms with Gasteiger partial charge in [-0.3, -0.25) is 9.59 Å². The van der Waals surface area contributed by atoms with Gasteiger partial charge in [0.15, 0.2) is 5.78 Å². The zero-order valence-electron chi connectivity index (χ0n) is 10.8. The maximum atomic E-state index is 12.3. The lowest BCUT2D eigenvalue weighted by Gasteiger charge is -2.27. The Balaban J connectivity index is 2.48. The van der Waals surface area contributed by atoms with Crippen molar-refractivity contribution in [1.29, 1.82) is 0 Å². The van der Waals surface area contributed by atoms with E-state index in [4.69, 9.17) is 0 Å². The Morgan fingerprint density at radius 1 is 1.00 bits per heavy atom. The number of ketones is 2. The summed E-state index contributed by atoms with van der Waals surface area (Å²) in [5.74, 6) is 0.118. The normalized spacial score (nSPS) is 21.9. The number of hydrogen-bond donors (Lipinski definition) is 0. The molecule has 3 heteroatoms. The minimum atomic E-state index is 0.0563. The molecule has 1 fully saturated rings. The van der Waals surface area contributed by atoms with Crippen molar-refractivity contribution in [3.05, 3.63) is 22.4 Å². The molecule has 0 aromatic heterocycles. The molecule has 0 N–H and O–H groups in total. The van der Waals surface area contributed by atoms with Gasteiger partial charge in [0.1, 0.15) is 0 Å². The number of rotatable bonds is 2. The van der Waals surface area contributed by atoms with Crippen LogP contribution in [-0.2, 0) is 9.59 Å². The molecule has 1 aliphatic heterocycles. The molecular formula is C14H19NO2. The second kappa shape index (κ2) is 4.47. The highest BCUT2D eigenvalue weighted by atomic mass is 16.1. The van der Waals surface area contributed by atoms with Crippen LogP contribution in [0.5, 0.6) is 0 Å². The van der Waals surface area contributed by atoms with Gasteiger partial charge in [0.2, 0.25) is 5.78 Å². The van der Waals surface area contributed by atoms with Crippen molar-refractivity contribution in [3.8, 4) is 0 Å². The van der Waals surface area contributed by atoms with Crippen LogP contribution in [0.3, 0.4) is 0 Å². The molecular weight excluding hydrogens is 214 g/mol. The van der Waals surface area contributed by atoms with Crippen LogP contribution in [0.15, 0.2) is 22.4 Å². The minimum absolute atomic E-state index is 0.0563. The Kier molecular flexibility index (Phi) is 3.18. The number of nitrogens with zero attached hydrogens (tertiary/aromatic N) is 1. The molecule has 1 saturated heterocycles. The molecule has 2 aliphatic rings. The van der Waals surface area contributed by atoms with Crippen molar-refractivity contribution < 1.29 is 9.59 Å². The third-order valence-electron chi connectivity index (χ3n) is 3.79. The second-order valence-corrected chi connectivity index (χ2v) is 4.78. The summed E-state index contributed by atoms with van der Waals surface area (Å²) in [6.07, 6.45) is 2.87. The zero-order valence-corrected chi connectivity index (χ0v) is 10.8. The lowest BCUT2D eigenvalue weighted by Crippen LogP contribution is -2.32. The van der Waals surface area contributed by atoms with E-state index in [9.17, 15) is 9.59 Å². The predicted octanol–water partition coefficient (Wildman–Crippen LogP) is 2.23. The Bertz CT molecular complexity index is 437. The first-order chi connectivity index (χ1) is 8.07. The van der Waals surface area contributed by atoms with Gasteiger partial charge >= 0.3 is 0 Å². The van der Waals surface area contributed by atoms with Crippen molar-refractivity contribution >= 4 is 11.6 Å². The highest BCUT2D eigenvalue weighted by molar-refractivity contribution is 6.24. The van der Waals surface area contributed by atoms with E-state index in [0.717, 1.165) is 25.9 Å². The van der Waals surface area contributed by atoms with Crippen molar-refractivity contribution in [1.82, 2.24) is 4.90 Å². The molecule has 0 radical (unpaired) electrons. The summed E-state index contributed by atoms with van der Waals surface area (Å²) >= 11 is 0. The molecule has 17 heavy (non-hydrogen) atoms. The largest absolute Gasteiger partial charge is 0.368 e. The predicted molar refractivity (Wildman–Crippen MR) is 66.5 cm³/mol. The monoisotopic (exact) mass is 233 g/mol. The van der Waals surface area contributed by atoms with Gasteiger partial charge in [-0.15, -0.1) is 0 Å². The Morgan fingerprint density at radius 2 is 1.53 bits per heavy atom. The summed E-state index contributed by atoms with van der Waals surface area (Å²) in [7, 11) is 0. The smallest absolute Gasteiger partial charge is 0.205 e. The van der Waals surface area contributed by atoms with Gasteiger partial charge in [-0.05, 0) is 33.1 Å². The number of hydrogen-bond acceptors (Lipinski definition) is 3. The van der Waals surface area contributed by atoms with E-state index in [2.05, 4.69) is 4.90 Å². The Morgan fingerprint density at radius 3 is 2.06 bits per heavy atom. The van der Waals surface area contributed by atoms with Crippen LogP contribution in [0, 0.1) is 0 Å². The van der Waals surface area contributed by atoms with E-state index < -0.39 is 0 Å². The number of carbonyl (C=O) groups is 2. The standard InChI is InChI=1S/C14H19NO2/c1-4-11-12(15-7-5-6-8-15)14(17)10(3)9(2)13(11)16/h4-8H2,1-3H3. The fourth-order valence-electron chi connectivity index (χ4n) is 2.59. The van der Waals surface area contributed by atoms with Gasteiger partial charge in [0, 0.05) is 29.8 Å². The van der Waals surface area contributed by atoms with Crippen LogP contribution >= 0.6 is 0 Å². The number of Topliss-reactive ketones (excluding diaryl/α,β-unsaturated/α-hetero) is 2. The second-order valence-electron chi connectivity index (χ2n) is 4.78. The summed E-state index contributed by atoms with van der Waals surface area (Å²) in [5, 5.41) is 0. The van der Waals surface area contributed by atoms with Gasteiger partial charge in [0.05, 0.1) is 5.70 Å². The number of allylic oxidation sites excluding steroid dienone is 3. The van der Waals surface area contributed by atoms with Crippen LogP contribution in [0.4, 0.5) is 0 Å². The molecule has 0 aromatic carbocycles. The SMILES string of the molecule is CCC1=C(N2CCCC2)C(=O)C(C)=C(C)C1=O. The molecule has 0 bridgehead atoms. The highest BCUT2D eigenvalue weighted by Crippen LogP contribution is 2.30. The molecule has 92 valence electrons. The van der Waals surface area contributed by atoms with Crippen LogP contribution in [0.25, 0.3) is 0 Å². The highest BCUT2D eigenvalue weighted by Gasteiger charge is 2.33. The van der Waals surface area contributed by atoms with Crippen LogP contribution in [-0.4, -0.2) is 29.6 Å². The van der Waals surface area contributed by atoms with Crippen molar-refractivity contribution in [2.75, 3.05) is 13.1 Å². The minimum Gasteiger partial charge on any atom is -0.368 e. The average Bonchev–Trinajstić information content (AvgIpc) is 2.84. The maximum absolute atomic E-state index is 12.3. The fourth-order valence-corrected chi connectivity index (χ4v) is 2.59. The van der Waals surface area contributed by atoms with Gasteiger partial charge in [0.25, 0.3) is 0 Å². The first-order valence-electron chi connectivity index (χ1n) is 6.32. The molecule has 0 aromatic rings. The Hall–Kier alpha value is -1.38. The van der Waals surface area contributed by atoms with E-state index in [1.165, 1.54) is 0 Å². The summed E-state index contributed by atoms with van der Waals surface area (Å²) in [5.41, 5.74) is 2.63. The third kappa shape index (κ3) is 1.84. The summed E-state index contributed by atoms with van der Waals surface area (Å²) in [6.45, 7) is 7.28. The van der Waals surface area contributed by atoms with Crippen molar-refractivity contribution in [2.45, 2.75) is 40.0 Å². The first kappa shape index (κ1) is 12.1. The summed E-state index contributed by atoms with van der Waals surface area (Å²) in [4.78, 5) is 26.6. The topological polar surface area (TPSA) is 37.4 Å². The van der Waals surface area contributed by atoms with E-state index in [1.807, 2.05) is 6.92 Å².